The van der Waals surface area contributed by atoms with Crippen molar-refractivity contribution in [1.82, 2.24) is 9.97 Å². The molecule has 0 saturated carbocycles. The molecule has 0 N–H and O–H groups in total. The fraction of sp³-hybridized carbons (Fsp3) is 0.231. The van der Waals surface area contributed by atoms with Crippen LogP contribution in [-0.2, 0) is 0 Å². The zero-order valence-electron chi connectivity index (χ0n) is 19.4. The lowest BCUT2D eigenvalue weighted by molar-refractivity contribution is 0.0911. The van der Waals surface area contributed by atoms with Crippen LogP contribution in [0.15, 0.2) is 47.8 Å². The number of hydrogen-bond acceptors (Lipinski definition) is 8. The van der Waals surface area contributed by atoms with Crippen molar-refractivity contribution < 1.29 is 23.8 Å². The number of methoxy groups -OCH3 is 3. The molecule has 7 nitrogen and oxygen atoms in total. The third-order valence-electron chi connectivity index (χ3n) is 5.52. The summed E-state index contributed by atoms with van der Waals surface area (Å²) in [6, 6.07) is 12.7. The number of benzene rings is 2. The fourth-order valence-corrected chi connectivity index (χ4v) is 4.73. The van der Waals surface area contributed by atoms with Crippen LogP contribution in [0.3, 0.4) is 0 Å². The second-order valence-corrected chi connectivity index (χ2v) is 8.52. The highest BCUT2D eigenvalue weighted by Crippen LogP contribution is 2.35. The highest BCUT2D eigenvalue weighted by molar-refractivity contribution is 7.18. The Balaban J connectivity index is 1.57. The topological polar surface area (TPSA) is 87.6 Å². The van der Waals surface area contributed by atoms with Crippen molar-refractivity contribution in [3.8, 4) is 28.6 Å². The summed E-state index contributed by atoms with van der Waals surface area (Å²) < 4.78 is 17.0. The van der Waals surface area contributed by atoms with Gasteiger partial charge in [-0.3, -0.25) is 9.59 Å². The summed E-state index contributed by atoms with van der Waals surface area (Å²) in [5.74, 6) is 0.803. The molecule has 4 aromatic rings. The molecule has 2 heterocycles. The first-order valence-electron chi connectivity index (χ1n) is 10.6. The first-order chi connectivity index (χ1) is 16.4. The number of thiophene rings is 1. The number of rotatable bonds is 9. The van der Waals surface area contributed by atoms with E-state index in [9.17, 15) is 9.59 Å². The van der Waals surface area contributed by atoms with Crippen LogP contribution >= 0.6 is 11.3 Å². The number of aromatic nitrogens is 2. The van der Waals surface area contributed by atoms with E-state index in [1.807, 2.05) is 17.5 Å². The van der Waals surface area contributed by atoms with Gasteiger partial charge in [-0.1, -0.05) is 18.2 Å². The summed E-state index contributed by atoms with van der Waals surface area (Å²) in [4.78, 5) is 34.4. The molecule has 2 aromatic carbocycles. The van der Waals surface area contributed by atoms with Gasteiger partial charge in [0, 0.05) is 45.5 Å². The smallest absolute Gasteiger partial charge is 0.217 e. The first-order valence-corrected chi connectivity index (χ1v) is 11.5. The molecule has 0 aliphatic heterocycles. The van der Waals surface area contributed by atoms with E-state index in [0.717, 1.165) is 10.9 Å². The molecule has 0 fully saturated rings. The largest absolute Gasteiger partial charge is 0.493 e. The van der Waals surface area contributed by atoms with Crippen LogP contribution in [0.4, 0.5) is 0 Å². The molecule has 34 heavy (non-hydrogen) atoms. The molecule has 174 valence electrons. The van der Waals surface area contributed by atoms with Crippen LogP contribution in [0.5, 0.6) is 17.4 Å². The Labute approximate surface area is 201 Å². The molecule has 0 spiro atoms. The quantitative estimate of drug-likeness (QED) is 0.293. The van der Waals surface area contributed by atoms with E-state index >= 15 is 0 Å². The van der Waals surface area contributed by atoms with Gasteiger partial charge in [-0.25, -0.2) is 4.98 Å². The zero-order chi connectivity index (χ0) is 24.2. The molecule has 0 atom stereocenters. The second kappa shape index (κ2) is 10.0. The van der Waals surface area contributed by atoms with Gasteiger partial charge in [0.1, 0.15) is 0 Å². The maximum atomic E-state index is 12.9. The van der Waals surface area contributed by atoms with Crippen LogP contribution in [0.25, 0.3) is 21.3 Å². The normalized spacial score (nSPS) is 10.8. The predicted molar refractivity (Wildman–Crippen MR) is 132 cm³/mol. The first kappa shape index (κ1) is 23.4. The molecular weight excluding hydrogens is 452 g/mol. The van der Waals surface area contributed by atoms with Gasteiger partial charge in [0.15, 0.2) is 23.1 Å². The van der Waals surface area contributed by atoms with E-state index in [0.29, 0.717) is 28.6 Å². The monoisotopic (exact) mass is 476 g/mol. The van der Waals surface area contributed by atoms with Gasteiger partial charge in [-0.05, 0) is 30.7 Å². The minimum Gasteiger partial charge on any atom is -0.493 e. The molecule has 2 aromatic heterocycles. The summed E-state index contributed by atoms with van der Waals surface area (Å²) >= 11 is 1.63. The lowest BCUT2D eigenvalue weighted by atomic mass is 10.0. The molecule has 4 rings (SSSR count). The van der Waals surface area contributed by atoms with Crippen LogP contribution in [0.1, 0.15) is 39.4 Å². The highest BCUT2D eigenvalue weighted by Gasteiger charge is 2.19. The Kier molecular flexibility index (Phi) is 6.88. The molecule has 0 aliphatic rings. The Bertz CT molecular complexity index is 1380. The molecule has 0 radical (unpaired) electrons. The number of ketones is 2. The molecule has 0 amide bonds. The van der Waals surface area contributed by atoms with Gasteiger partial charge in [-0.15, -0.1) is 11.3 Å². The van der Waals surface area contributed by atoms with Crippen molar-refractivity contribution in [3.63, 3.8) is 0 Å². The lowest BCUT2D eigenvalue weighted by Gasteiger charge is -2.09. The van der Waals surface area contributed by atoms with Gasteiger partial charge in [0.05, 0.1) is 27.0 Å². The Morgan fingerprint density at radius 3 is 2.38 bits per heavy atom. The number of aryl methyl sites for hydroxylation is 1. The number of hydrogen-bond donors (Lipinski definition) is 0. The van der Waals surface area contributed by atoms with E-state index in [1.54, 1.807) is 35.6 Å². The van der Waals surface area contributed by atoms with Crippen molar-refractivity contribution in [1.29, 1.82) is 0 Å². The number of Topliss-reactive ketones (excluding diaryl/α,β-unsaturated/α-hetero) is 2. The van der Waals surface area contributed by atoms with E-state index in [2.05, 4.69) is 23.0 Å². The summed E-state index contributed by atoms with van der Waals surface area (Å²) in [6.45, 7) is 2.06. The number of nitrogens with zero attached hydrogens (tertiary/aromatic N) is 2. The SMILES string of the molecule is COc1cc(-c2csc3c(C)cccc23)nc(C(=O)CCC(=O)c2ccc(OC)c(OC)c2)n1. The van der Waals surface area contributed by atoms with Gasteiger partial charge < -0.3 is 14.2 Å². The third kappa shape index (κ3) is 4.63. The van der Waals surface area contributed by atoms with Crippen molar-refractivity contribution in [2.75, 3.05) is 21.3 Å². The van der Waals surface area contributed by atoms with Crippen molar-refractivity contribution in [3.05, 3.63) is 64.8 Å². The van der Waals surface area contributed by atoms with Crippen LogP contribution in [0, 0.1) is 6.92 Å². The summed E-state index contributed by atoms with van der Waals surface area (Å²) in [6.07, 6.45) is -0.00588. The van der Waals surface area contributed by atoms with Crippen LogP contribution in [0.2, 0.25) is 0 Å². The average molecular weight is 477 g/mol. The molecule has 8 heteroatoms. The highest BCUT2D eigenvalue weighted by atomic mass is 32.1. The molecule has 0 unspecified atom stereocenters. The molecule has 0 bridgehead atoms. The minimum atomic E-state index is -0.329. The third-order valence-corrected chi connectivity index (χ3v) is 6.65. The van der Waals surface area contributed by atoms with E-state index in [4.69, 9.17) is 14.2 Å². The van der Waals surface area contributed by atoms with E-state index in [-0.39, 0.29) is 30.2 Å². The number of carbonyl (C=O) groups is 2. The Hall–Kier alpha value is -3.78. The van der Waals surface area contributed by atoms with Gasteiger partial charge in [0.25, 0.3) is 0 Å². The number of carbonyl (C=O) groups excluding carboxylic acids is 2. The van der Waals surface area contributed by atoms with E-state index in [1.165, 1.54) is 31.6 Å². The van der Waals surface area contributed by atoms with Gasteiger partial charge in [0.2, 0.25) is 11.7 Å². The van der Waals surface area contributed by atoms with Crippen LogP contribution < -0.4 is 14.2 Å². The van der Waals surface area contributed by atoms with E-state index < -0.39 is 0 Å². The average Bonchev–Trinajstić information content (AvgIpc) is 3.31. The molecule has 0 aliphatic carbocycles. The van der Waals surface area contributed by atoms with Gasteiger partial charge in [-0.2, -0.15) is 4.98 Å². The summed E-state index contributed by atoms with van der Waals surface area (Å²) in [7, 11) is 4.53. The van der Waals surface area contributed by atoms with Crippen LogP contribution in [-0.4, -0.2) is 42.9 Å². The summed E-state index contributed by atoms with van der Waals surface area (Å²) in [5.41, 5.74) is 3.15. The lowest BCUT2D eigenvalue weighted by Crippen LogP contribution is -2.10. The maximum Gasteiger partial charge on any atom is 0.217 e. The Morgan fingerprint density at radius 2 is 1.65 bits per heavy atom. The zero-order valence-corrected chi connectivity index (χ0v) is 20.2. The van der Waals surface area contributed by atoms with Crippen molar-refractivity contribution in [2.45, 2.75) is 19.8 Å². The maximum absolute atomic E-state index is 12.9. The molecular formula is C26H24N2O5S. The second-order valence-electron chi connectivity index (χ2n) is 7.64. The standard InChI is InChI=1S/C26H24N2O5S/c1-15-6-5-7-17-18(14-34-25(15)17)19-13-24(33-4)28-26(27-19)21(30)10-9-20(29)16-8-11-22(31-2)23(12-16)32-3/h5-8,11-14H,9-10H2,1-4H3. The minimum absolute atomic E-state index is 0.0186. The summed E-state index contributed by atoms with van der Waals surface area (Å²) in [5, 5.41) is 3.08. The van der Waals surface area contributed by atoms with Gasteiger partial charge >= 0.3 is 0 Å². The molecule has 0 saturated heterocycles. The number of fused-ring (bicyclic) bond motifs is 1. The predicted octanol–water partition coefficient (Wildman–Crippen LogP) is 5.54. The Morgan fingerprint density at radius 1 is 0.882 bits per heavy atom. The fourth-order valence-electron chi connectivity index (χ4n) is 3.69. The number of ether oxygens (including phenoxy) is 3. The van der Waals surface area contributed by atoms with Crippen molar-refractivity contribution in [2.24, 2.45) is 0 Å². The van der Waals surface area contributed by atoms with Crippen molar-refractivity contribution >= 4 is 33.0 Å².